The van der Waals surface area contributed by atoms with Gasteiger partial charge in [0, 0.05) is 12.8 Å². The average Bonchev–Trinajstić information content (AvgIpc) is 3.03. The quantitative estimate of drug-likeness (QED) is 0.0648. The van der Waals surface area contributed by atoms with Crippen molar-refractivity contribution in [1.29, 1.82) is 0 Å². The lowest BCUT2D eigenvalue weighted by Crippen LogP contribution is -2.09. The maximum absolute atomic E-state index is 10.8. The Hall–Kier alpha value is -1.06. The highest BCUT2D eigenvalue weighted by Gasteiger charge is 2.08. The lowest BCUT2D eigenvalue weighted by atomic mass is 9.89. The molecular formula is C42H84N2O2. The van der Waals surface area contributed by atoms with E-state index >= 15 is 0 Å². The first kappa shape index (κ1) is 44.9. The van der Waals surface area contributed by atoms with E-state index in [9.17, 15) is 9.59 Å². The Morgan fingerprint density at radius 2 is 0.522 bits per heavy atom. The second-order valence-corrected chi connectivity index (χ2v) is 15.0. The van der Waals surface area contributed by atoms with Crippen molar-refractivity contribution >= 4 is 11.8 Å². The van der Waals surface area contributed by atoms with E-state index in [1.54, 1.807) is 0 Å². The molecule has 0 aliphatic heterocycles. The molecule has 46 heavy (non-hydrogen) atoms. The molecule has 2 amide bonds. The normalized spacial score (nSPS) is 11.5. The van der Waals surface area contributed by atoms with E-state index in [2.05, 4.69) is 6.92 Å². The van der Waals surface area contributed by atoms with Crippen LogP contribution in [0.3, 0.4) is 0 Å². The smallest absolute Gasteiger partial charge is 0.217 e. The molecule has 0 aliphatic carbocycles. The highest BCUT2D eigenvalue weighted by atomic mass is 16.1. The van der Waals surface area contributed by atoms with E-state index < -0.39 is 0 Å². The van der Waals surface area contributed by atoms with Crippen LogP contribution in [-0.2, 0) is 9.59 Å². The third-order valence-electron chi connectivity index (χ3n) is 10.3. The summed E-state index contributed by atoms with van der Waals surface area (Å²) in [7, 11) is 0. The van der Waals surface area contributed by atoms with Crippen LogP contribution in [0, 0.1) is 5.92 Å². The minimum absolute atomic E-state index is 0.151. The molecule has 0 aromatic heterocycles. The number of primary amides is 2. The molecule has 0 bridgehead atoms. The fourth-order valence-electron chi connectivity index (χ4n) is 7.18. The number of carbonyl (C=O) groups is 2. The summed E-state index contributed by atoms with van der Waals surface area (Å²) in [6, 6.07) is 0. The Morgan fingerprint density at radius 3 is 0.739 bits per heavy atom. The van der Waals surface area contributed by atoms with Gasteiger partial charge in [-0.15, -0.1) is 0 Å². The maximum atomic E-state index is 10.8. The summed E-state index contributed by atoms with van der Waals surface area (Å²) in [4.78, 5) is 21.5. The predicted octanol–water partition coefficient (Wildman–Crippen LogP) is 13.4. The molecule has 0 spiro atoms. The second-order valence-electron chi connectivity index (χ2n) is 15.0. The van der Waals surface area contributed by atoms with E-state index in [0.717, 1.165) is 31.6 Å². The molecule has 0 aliphatic rings. The second kappa shape index (κ2) is 38.4. The molecule has 0 saturated heterocycles. The molecule has 0 radical (unpaired) electrons. The standard InChI is InChI=1S/C42H84N2O2/c1-2-3-30-35-40(36-31-26-22-18-14-10-6-4-8-12-16-20-24-28-33-38-41(43)45)37-32-27-23-19-15-11-7-5-9-13-17-21-25-29-34-39-42(44)46/h40H,2-39H2,1H3,(H2,43,45)(H2,44,46). The van der Waals surface area contributed by atoms with E-state index in [-0.39, 0.29) is 11.8 Å². The van der Waals surface area contributed by atoms with Crippen LogP contribution in [0.2, 0.25) is 0 Å². The molecule has 274 valence electrons. The molecule has 0 aromatic carbocycles. The summed E-state index contributed by atoms with van der Waals surface area (Å²) in [6.07, 6.45) is 50.7. The largest absolute Gasteiger partial charge is 0.370 e. The van der Waals surface area contributed by atoms with Crippen LogP contribution in [0.1, 0.15) is 251 Å². The van der Waals surface area contributed by atoms with Crippen molar-refractivity contribution in [3.8, 4) is 0 Å². The predicted molar refractivity (Wildman–Crippen MR) is 203 cm³/mol. The molecular weight excluding hydrogens is 564 g/mol. The number of carbonyl (C=O) groups excluding carboxylic acids is 2. The van der Waals surface area contributed by atoms with Crippen molar-refractivity contribution in [2.45, 2.75) is 251 Å². The third kappa shape index (κ3) is 39.1. The summed E-state index contributed by atoms with van der Waals surface area (Å²) in [6.45, 7) is 2.34. The van der Waals surface area contributed by atoms with E-state index in [1.165, 1.54) is 205 Å². The first-order valence-electron chi connectivity index (χ1n) is 21.1. The molecule has 0 heterocycles. The van der Waals surface area contributed by atoms with E-state index in [1.807, 2.05) is 0 Å². The number of nitrogens with two attached hydrogens (primary N) is 2. The lowest BCUT2D eigenvalue weighted by molar-refractivity contribution is -0.119. The highest BCUT2D eigenvalue weighted by Crippen LogP contribution is 2.25. The minimum Gasteiger partial charge on any atom is -0.370 e. The molecule has 4 nitrogen and oxygen atoms in total. The van der Waals surface area contributed by atoms with Crippen LogP contribution >= 0.6 is 0 Å². The Labute approximate surface area is 289 Å². The Balaban J connectivity index is 3.53. The van der Waals surface area contributed by atoms with Gasteiger partial charge in [0.15, 0.2) is 0 Å². The number of rotatable bonds is 40. The van der Waals surface area contributed by atoms with Gasteiger partial charge in [-0.25, -0.2) is 0 Å². The fourth-order valence-corrected chi connectivity index (χ4v) is 7.18. The molecule has 0 rings (SSSR count). The third-order valence-corrected chi connectivity index (χ3v) is 10.3. The SMILES string of the molecule is CCCCCC(CCCCCCCCCCCCCCCCCC(N)=O)CCCCCCCCCCCCCCCCCC(N)=O. The zero-order valence-electron chi connectivity index (χ0n) is 31.4. The molecule has 4 N–H and O–H groups in total. The van der Waals surface area contributed by atoms with Gasteiger partial charge in [0.1, 0.15) is 0 Å². The van der Waals surface area contributed by atoms with Crippen molar-refractivity contribution in [2.75, 3.05) is 0 Å². The molecule has 0 fully saturated rings. The van der Waals surface area contributed by atoms with Gasteiger partial charge in [-0.05, 0) is 18.8 Å². The zero-order valence-corrected chi connectivity index (χ0v) is 31.4. The zero-order chi connectivity index (χ0) is 33.6. The number of hydrogen-bond donors (Lipinski definition) is 2. The highest BCUT2D eigenvalue weighted by molar-refractivity contribution is 5.73. The van der Waals surface area contributed by atoms with Crippen molar-refractivity contribution in [1.82, 2.24) is 0 Å². The van der Waals surface area contributed by atoms with Crippen molar-refractivity contribution in [3.05, 3.63) is 0 Å². The van der Waals surface area contributed by atoms with Crippen LogP contribution in [-0.4, -0.2) is 11.8 Å². The topological polar surface area (TPSA) is 86.2 Å². The minimum atomic E-state index is -0.151. The van der Waals surface area contributed by atoms with E-state index in [4.69, 9.17) is 11.5 Å². The average molecular weight is 649 g/mol. The first-order valence-corrected chi connectivity index (χ1v) is 21.1. The monoisotopic (exact) mass is 649 g/mol. The molecule has 4 heteroatoms. The van der Waals surface area contributed by atoms with Crippen LogP contribution in [0.25, 0.3) is 0 Å². The Kier molecular flexibility index (Phi) is 37.5. The van der Waals surface area contributed by atoms with Gasteiger partial charge in [-0.2, -0.15) is 0 Å². The van der Waals surface area contributed by atoms with Gasteiger partial charge >= 0.3 is 0 Å². The van der Waals surface area contributed by atoms with Gasteiger partial charge < -0.3 is 11.5 Å². The summed E-state index contributed by atoms with van der Waals surface area (Å²) < 4.78 is 0. The van der Waals surface area contributed by atoms with Gasteiger partial charge in [0.2, 0.25) is 11.8 Å². The van der Waals surface area contributed by atoms with Gasteiger partial charge in [0.25, 0.3) is 0 Å². The summed E-state index contributed by atoms with van der Waals surface area (Å²) in [5.74, 6) is 0.695. The summed E-state index contributed by atoms with van der Waals surface area (Å²) in [5, 5.41) is 0. The molecule has 0 saturated carbocycles. The van der Waals surface area contributed by atoms with Crippen molar-refractivity contribution in [3.63, 3.8) is 0 Å². The van der Waals surface area contributed by atoms with Crippen molar-refractivity contribution in [2.24, 2.45) is 17.4 Å². The number of unbranched alkanes of at least 4 members (excludes halogenated alkanes) is 30. The van der Waals surface area contributed by atoms with E-state index in [0.29, 0.717) is 12.8 Å². The summed E-state index contributed by atoms with van der Waals surface area (Å²) >= 11 is 0. The number of amides is 2. The van der Waals surface area contributed by atoms with Crippen LogP contribution < -0.4 is 11.5 Å². The maximum Gasteiger partial charge on any atom is 0.217 e. The number of hydrogen-bond acceptors (Lipinski definition) is 2. The van der Waals surface area contributed by atoms with Crippen molar-refractivity contribution < 1.29 is 9.59 Å². The van der Waals surface area contributed by atoms with Gasteiger partial charge in [-0.3, -0.25) is 9.59 Å². The Morgan fingerprint density at radius 1 is 0.326 bits per heavy atom. The van der Waals surface area contributed by atoms with Crippen LogP contribution in [0.5, 0.6) is 0 Å². The molecule has 0 unspecified atom stereocenters. The Bertz CT molecular complexity index is 575. The van der Waals surface area contributed by atoms with Gasteiger partial charge in [0.05, 0.1) is 0 Å². The lowest BCUT2D eigenvalue weighted by Gasteiger charge is -2.17. The first-order chi connectivity index (χ1) is 22.6. The molecule has 0 aromatic rings. The summed E-state index contributed by atoms with van der Waals surface area (Å²) in [5.41, 5.74) is 10.4. The van der Waals surface area contributed by atoms with Gasteiger partial charge in [-0.1, -0.05) is 225 Å². The molecule has 0 atom stereocenters. The van der Waals surface area contributed by atoms with Crippen LogP contribution in [0.15, 0.2) is 0 Å². The van der Waals surface area contributed by atoms with Crippen LogP contribution in [0.4, 0.5) is 0 Å². The fraction of sp³-hybridized carbons (Fsp3) is 0.952.